The van der Waals surface area contributed by atoms with Gasteiger partial charge in [-0.15, -0.1) is 0 Å². The fourth-order valence-corrected chi connectivity index (χ4v) is 1.49. The van der Waals surface area contributed by atoms with Crippen molar-refractivity contribution in [3.63, 3.8) is 0 Å². The molecule has 0 aromatic rings. The molecule has 0 saturated heterocycles. The van der Waals surface area contributed by atoms with Crippen LogP contribution in [0.4, 0.5) is 0 Å². The van der Waals surface area contributed by atoms with Gasteiger partial charge in [0.25, 0.3) is 0 Å². The third-order valence-electron chi connectivity index (χ3n) is 3.34. The Morgan fingerprint density at radius 2 is 1.94 bits per heavy atom. The largest absolute Gasteiger partial charge is 0.382 e. The molecule has 98 valence electrons. The molecule has 16 heavy (non-hydrogen) atoms. The molecule has 0 bridgehead atoms. The minimum Gasteiger partial charge on any atom is -0.382 e. The Labute approximate surface area is 100 Å². The molecule has 0 fully saturated rings. The molecule has 0 heterocycles. The highest BCUT2D eigenvalue weighted by Gasteiger charge is 2.24. The van der Waals surface area contributed by atoms with Crippen molar-refractivity contribution < 1.29 is 9.47 Å². The monoisotopic (exact) mass is 232 g/mol. The molecule has 0 amide bonds. The molecule has 4 heteroatoms. The molecule has 0 aliphatic rings. The summed E-state index contributed by atoms with van der Waals surface area (Å²) >= 11 is 0. The van der Waals surface area contributed by atoms with E-state index in [-0.39, 0.29) is 5.54 Å². The smallest absolute Gasteiger partial charge is 0.0700 e. The fourth-order valence-electron chi connectivity index (χ4n) is 1.49. The summed E-state index contributed by atoms with van der Waals surface area (Å²) in [6.07, 6.45) is 2.11. The van der Waals surface area contributed by atoms with E-state index in [0.29, 0.717) is 19.8 Å². The van der Waals surface area contributed by atoms with Crippen molar-refractivity contribution in [1.29, 1.82) is 0 Å². The number of likely N-dealkylation sites (N-methyl/N-ethyl adjacent to an activating group) is 1. The van der Waals surface area contributed by atoms with Crippen molar-refractivity contribution in [2.45, 2.75) is 32.2 Å². The van der Waals surface area contributed by atoms with Crippen LogP contribution in [0.1, 0.15) is 26.7 Å². The standard InChI is InChI=1S/C12H28N2O2/c1-5-12(2,11-13)14(3)7-6-8-16-10-9-15-4/h5-11,13H2,1-4H3. The Balaban J connectivity index is 3.60. The Morgan fingerprint density at radius 3 is 2.44 bits per heavy atom. The normalized spacial score (nSPS) is 15.4. The van der Waals surface area contributed by atoms with Crippen molar-refractivity contribution in [3.8, 4) is 0 Å². The van der Waals surface area contributed by atoms with Crippen LogP contribution in [0.15, 0.2) is 0 Å². The topological polar surface area (TPSA) is 47.7 Å². The molecule has 1 unspecified atom stereocenters. The lowest BCUT2D eigenvalue weighted by atomic mass is 9.97. The van der Waals surface area contributed by atoms with E-state index in [1.165, 1.54) is 0 Å². The van der Waals surface area contributed by atoms with E-state index in [2.05, 4.69) is 25.8 Å². The second-order valence-electron chi connectivity index (χ2n) is 4.43. The maximum Gasteiger partial charge on any atom is 0.0700 e. The average molecular weight is 232 g/mol. The minimum absolute atomic E-state index is 0.118. The number of hydrogen-bond donors (Lipinski definition) is 1. The van der Waals surface area contributed by atoms with E-state index < -0.39 is 0 Å². The zero-order valence-electron chi connectivity index (χ0n) is 11.3. The molecule has 0 spiro atoms. The van der Waals surface area contributed by atoms with Gasteiger partial charge < -0.3 is 15.2 Å². The third kappa shape index (κ3) is 5.80. The number of nitrogens with two attached hydrogens (primary N) is 1. The lowest BCUT2D eigenvalue weighted by Crippen LogP contribution is -2.49. The average Bonchev–Trinajstić information content (AvgIpc) is 2.32. The van der Waals surface area contributed by atoms with Crippen LogP contribution in [-0.4, -0.2) is 57.5 Å². The molecule has 2 N–H and O–H groups in total. The molecule has 0 aromatic heterocycles. The van der Waals surface area contributed by atoms with Crippen LogP contribution < -0.4 is 5.73 Å². The molecular weight excluding hydrogens is 204 g/mol. The second-order valence-corrected chi connectivity index (χ2v) is 4.43. The summed E-state index contributed by atoms with van der Waals surface area (Å²) in [5.74, 6) is 0. The van der Waals surface area contributed by atoms with Gasteiger partial charge in [0.15, 0.2) is 0 Å². The first-order chi connectivity index (χ1) is 7.60. The molecular formula is C12H28N2O2. The first kappa shape index (κ1) is 15.8. The van der Waals surface area contributed by atoms with Gasteiger partial charge in [-0.1, -0.05) is 6.92 Å². The summed E-state index contributed by atoms with van der Waals surface area (Å²) in [5.41, 5.74) is 5.92. The van der Waals surface area contributed by atoms with E-state index in [9.17, 15) is 0 Å². The highest BCUT2D eigenvalue weighted by molar-refractivity contribution is 4.83. The van der Waals surface area contributed by atoms with E-state index >= 15 is 0 Å². The third-order valence-corrected chi connectivity index (χ3v) is 3.34. The van der Waals surface area contributed by atoms with E-state index in [1.807, 2.05) is 0 Å². The molecule has 0 aliphatic heterocycles. The van der Waals surface area contributed by atoms with Crippen molar-refractivity contribution in [2.24, 2.45) is 5.73 Å². The van der Waals surface area contributed by atoms with Crippen LogP contribution in [-0.2, 0) is 9.47 Å². The number of hydrogen-bond acceptors (Lipinski definition) is 4. The van der Waals surface area contributed by atoms with Crippen LogP contribution in [0.3, 0.4) is 0 Å². The molecule has 0 aromatic carbocycles. The molecule has 0 radical (unpaired) electrons. The van der Waals surface area contributed by atoms with Crippen molar-refractivity contribution >= 4 is 0 Å². The summed E-state index contributed by atoms with van der Waals surface area (Å²) in [4.78, 5) is 2.33. The second kappa shape index (κ2) is 8.93. The van der Waals surface area contributed by atoms with Gasteiger partial charge in [0.1, 0.15) is 0 Å². The van der Waals surface area contributed by atoms with E-state index in [1.54, 1.807) is 7.11 Å². The lowest BCUT2D eigenvalue weighted by Gasteiger charge is -2.37. The molecule has 0 rings (SSSR count). The Hall–Kier alpha value is -0.160. The maximum absolute atomic E-state index is 5.80. The predicted molar refractivity (Wildman–Crippen MR) is 67.7 cm³/mol. The van der Waals surface area contributed by atoms with Crippen LogP contribution in [0.2, 0.25) is 0 Å². The Morgan fingerprint density at radius 1 is 1.25 bits per heavy atom. The summed E-state index contributed by atoms with van der Waals surface area (Å²) in [5, 5.41) is 0. The van der Waals surface area contributed by atoms with Gasteiger partial charge in [-0.25, -0.2) is 0 Å². The fraction of sp³-hybridized carbons (Fsp3) is 1.00. The van der Waals surface area contributed by atoms with Gasteiger partial charge in [-0.05, 0) is 26.8 Å². The SMILES string of the molecule is CCC(C)(CN)N(C)CCCOCCOC. The van der Waals surface area contributed by atoms with Crippen molar-refractivity contribution in [2.75, 3.05) is 47.1 Å². The van der Waals surface area contributed by atoms with Crippen molar-refractivity contribution in [3.05, 3.63) is 0 Å². The Kier molecular flexibility index (Phi) is 8.84. The number of nitrogens with zero attached hydrogens (tertiary/aromatic N) is 1. The maximum atomic E-state index is 5.80. The molecule has 4 nitrogen and oxygen atoms in total. The summed E-state index contributed by atoms with van der Waals surface area (Å²) in [6, 6.07) is 0. The lowest BCUT2D eigenvalue weighted by molar-refractivity contribution is 0.0587. The van der Waals surface area contributed by atoms with Crippen molar-refractivity contribution in [1.82, 2.24) is 4.90 Å². The number of methoxy groups -OCH3 is 1. The summed E-state index contributed by atoms with van der Waals surface area (Å²) < 4.78 is 10.3. The molecule has 1 atom stereocenters. The van der Waals surface area contributed by atoms with E-state index in [4.69, 9.17) is 15.2 Å². The van der Waals surface area contributed by atoms with E-state index in [0.717, 1.165) is 26.0 Å². The molecule has 0 aliphatic carbocycles. The Bertz CT molecular complexity index is 161. The van der Waals surface area contributed by atoms with Gasteiger partial charge in [-0.2, -0.15) is 0 Å². The van der Waals surface area contributed by atoms with Gasteiger partial charge in [-0.3, -0.25) is 4.90 Å². The number of ether oxygens (including phenoxy) is 2. The summed E-state index contributed by atoms with van der Waals surface area (Å²) in [7, 11) is 3.82. The van der Waals surface area contributed by atoms with Gasteiger partial charge in [0.2, 0.25) is 0 Å². The summed E-state index contributed by atoms with van der Waals surface area (Å²) in [6.45, 7) is 8.25. The van der Waals surface area contributed by atoms with Crippen LogP contribution >= 0.6 is 0 Å². The highest BCUT2D eigenvalue weighted by Crippen LogP contribution is 2.15. The van der Waals surface area contributed by atoms with Gasteiger partial charge >= 0.3 is 0 Å². The minimum atomic E-state index is 0.118. The first-order valence-electron chi connectivity index (χ1n) is 6.08. The zero-order valence-corrected chi connectivity index (χ0v) is 11.3. The van der Waals surface area contributed by atoms with Crippen LogP contribution in [0.25, 0.3) is 0 Å². The zero-order chi connectivity index (χ0) is 12.4. The number of rotatable bonds is 10. The first-order valence-corrected chi connectivity index (χ1v) is 6.08. The highest BCUT2D eigenvalue weighted by atomic mass is 16.5. The molecule has 0 saturated carbocycles. The van der Waals surface area contributed by atoms with Crippen LogP contribution in [0, 0.1) is 0 Å². The van der Waals surface area contributed by atoms with Crippen LogP contribution in [0.5, 0.6) is 0 Å². The van der Waals surface area contributed by atoms with Gasteiger partial charge in [0.05, 0.1) is 13.2 Å². The predicted octanol–water partition coefficient (Wildman–Crippen LogP) is 1.10. The quantitative estimate of drug-likeness (QED) is 0.573. The van der Waals surface area contributed by atoms with Gasteiger partial charge in [0, 0.05) is 32.3 Å².